The molecule has 0 unspecified atom stereocenters. The smallest absolute Gasteiger partial charge is 0.130 e. The van der Waals surface area contributed by atoms with Crippen molar-refractivity contribution in [1.29, 1.82) is 0 Å². The molecule has 96 valence electrons. The van der Waals surface area contributed by atoms with Crippen LogP contribution in [-0.4, -0.2) is 14.3 Å². The summed E-state index contributed by atoms with van der Waals surface area (Å²) in [4.78, 5) is 4.32. The summed E-state index contributed by atoms with van der Waals surface area (Å²) in [7, 11) is 4.08. The van der Waals surface area contributed by atoms with Crippen LogP contribution in [0, 0.1) is 0 Å². The topological polar surface area (TPSA) is 34.8 Å². The van der Waals surface area contributed by atoms with E-state index in [2.05, 4.69) is 57.7 Å². The van der Waals surface area contributed by atoms with Crippen molar-refractivity contribution in [2.24, 2.45) is 14.1 Å². The highest BCUT2D eigenvalue weighted by atomic mass is 15.4. The van der Waals surface area contributed by atoms with Crippen molar-refractivity contribution >= 4 is 16.6 Å². The quantitative estimate of drug-likeness (QED) is 0.777. The zero-order valence-electron chi connectivity index (χ0n) is 11.1. The second kappa shape index (κ2) is 4.31. The molecule has 2 aromatic heterocycles. The number of benzene rings is 1. The van der Waals surface area contributed by atoms with Gasteiger partial charge in [0.2, 0.25) is 0 Å². The lowest BCUT2D eigenvalue weighted by molar-refractivity contribution is 0.536. The van der Waals surface area contributed by atoms with E-state index < -0.39 is 0 Å². The fraction of sp³-hybridized carbons (Fsp3) is 0.133. The van der Waals surface area contributed by atoms with Crippen molar-refractivity contribution in [3.63, 3.8) is 0 Å². The van der Waals surface area contributed by atoms with E-state index in [4.69, 9.17) is 0 Å². The molecule has 0 amide bonds. The second-order valence-corrected chi connectivity index (χ2v) is 4.59. The molecule has 4 nitrogen and oxygen atoms in total. The van der Waals surface area contributed by atoms with Gasteiger partial charge < -0.3 is 5.32 Å². The van der Waals surface area contributed by atoms with Crippen LogP contribution in [0.15, 0.2) is 49.4 Å². The molecule has 0 spiro atoms. The predicted octanol–water partition coefficient (Wildman–Crippen LogP) is 3.13. The van der Waals surface area contributed by atoms with E-state index in [1.54, 1.807) is 6.20 Å². The minimum absolute atomic E-state index is 0.813. The maximum absolute atomic E-state index is 4.32. The summed E-state index contributed by atoms with van der Waals surface area (Å²) in [5, 5.41) is 5.31. The van der Waals surface area contributed by atoms with Crippen LogP contribution in [0.25, 0.3) is 22.0 Å². The Labute approximate surface area is 112 Å². The highest BCUT2D eigenvalue weighted by molar-refractivity contribution is 5.88. The van der Waals surface area contributed by atoms with Crippen molar-refractivity contribution in [3.05, 3.63) is 49.4 Å². The Morgan fingerprint density at radius 1 is 1.21 bits per heavy atom. The van der Waals surface area contributed by atoms with Gasteiger partial charge in [0.05, 0.1) is 5.69 Å². The van der Waals surface area contributed by atoms with Crippen molar-refractivity contribution in [2.45, 2.75) is 0 Å². The van der Waals surface area contributed by atoms with Crippen LogP contribution in [0.2, 0.25) is 0 Å². The molecule has 4 heteroatoms. The number of anilines is 1. The van der Waals surface area contributed by atoms with Crippen molar-refractivity contribution < 1.29 is 0 Å². The van der Waals surface area contributed by atoms with E-state index in [-0.39, 0.29) is 0 Å². The van der Waals surface area contributed by atoms with Gasteiger partial charge in [0, 0.05) is 37.4 Å². The van der Waals surface area contributed by atoms with Crippen LogP contribution in [-0.2, 0) is 14.1 Å². The fourth-order valence-electron chi connectivity index (χ4n) is 2.21. The molecule has 1 aromatic carbocycles. The molecule has 0 aliphatic carbocycles. The van der Waals surface area contributed by atoms with Crippen LogP contribution in [0.4, 0.5) is 5.82 Å². The molecule has 19 heavy (non-hydrogen) atoms. The van der Waals surface area contributed by atoms with Crippen LogP contribution in [0.3, 0.4) is 0 Å². The van der Waals surface area contributed by atoms with E-state index >= 15 is 0 Å². The van der Waals surface area contributed by atoms with Crippen molar-refractivity contribution in [3.8, 4) is 11.3 Å². The molecule has 3 aromatic rings. The van der Waals surface area contributed by atoms with Gasteiger partial charge in [-0.2, -0.15) is 0 Å². The number of rotatable bonds is 3. The van der Waals surface area contributed by atoms with Gasteiger partial charge in [-0.05, 0) is 23.7 Å². The Morgan fingerprint density at radius 3 is 2.74 bits per heavy atom. The number of nitrogens with one attached hydrogen (secondary N) is 1. The monoisotopic (exact) mass is 252 g/mol. The third kappa shape index (κ3) is 1.91. The summed E-state index contributed by atoms with van der Waals surface area (Å²) in [6.07, 6.45) is 5.62. The van der Waals surface area contributed by atoms with Gasteiger partial charge in [-0.1, -0.05) is 18.7 Å². The third-order valence-corrected chi connectivity index (χ3v) is 3.40. The zero-order valence-corrected chi connectivity index (χ0v) is 11.1. The van der Waals surface area contributed by atoms with E-state index in [1.807, 2.05) is 19.3 Å². The lowest BCUT2D eigenvalue weighted by Crippen LogP contribution is -2.16. The first-order valence-corrected chi connectivity index (χ1v) is 6.15. The maximum Gasteiger partial charge on any atom is 0.130 e. The lowest BCUT2D eigenvalue weighted by atomic mass is 10.1. The van der Waals surface area contributed by atoms with E-state index in [0.717, 1.165) is 11.2 Å². The first-order valence-electron chi connectivity index (χ1n) is 6.15. The van der Waals surface area contributed by atoms with Gasteiger partial charge in [-0.15, -0.1) is 0 Å². The number of hydrogen-bond acceptors (Lipinski definition) is 2. The number of hydrogen-bond donors (Lipinski definition) is 1. The summed E-state index contributed by atoms with van der Waals surface area (Å²) in [5.74, 6) is 0.813. The van der Waals surface area contributed by atoms with Crippen LogP contribution < -0.4 is 5.32 Å². The highest BCUT2D eigenvalue weighted by Crippen LogP contribution is 2.26. The van der Waals surface area contributed by atoms with E-state index in [0.29, 0.717) is 0 Å². The first-order chi connectivity index (χ1) is 9.19. The predicted molar refractivity (Wildman–Crippen MR) is 78.9 cm³/mol. The van der Waals surface area contributed by atoms with Crippen LogP contribution in [0.5, 0.6) is 0 Å². The molecule has 0 aliphatic rings. The Morgan fingerprint density at radius 2 is 2.05 bits per heavy atom. The molecule has 3 rings (SSSR count). The minimum atomic E-state index is 0.813. The number of pyridine rings is 1. The SMILES string of the molecule is C=CNc1cc2cc(-c3cn(C)n3C)ccc2cn1. The van der Waals surface area contributed by atoms with Gasteiger partial charge in [0.1, 0.15) is 5.82 Å². The van der Waals surface area contributed by atoms with Crippen LogP contribution in [0.1, 0.15) is 0 Å². The van der Waals surface area contributed by atoms with Gasteiger partial charge in [-0.3, -0.25) is 9.36 Å². The molecule has 0 radical (unpaired) electrons. The number of aryl methyl sites for hydroxylation is 1. The Kier molecular flexibility index (Phi) is 2.63. The van der Waals surface area contributed by atoms with Gasteiger partial charge >= 0.3 is 0 Å². The minimum Gasteiger partial charge on any atom is -0.347 e. The standard InChI is InChI=1S/C15H16N4/c1-4-16-15-8-13-7-11(5-6-12(13)9-17-15)14-10-18(2)19(14)3/h4-10H,1H2,2-3H3,(H,16,17). The third-order valence-electron chi connectivity index (χ3n) is 3.40. The summed E-state index contributed by atoms with van der Waals surface area (Å²) < 4.78 is 4.17. The molecule has 2 heterocycles. The summed E-state index contributed by atoms with van der Waals surface area (Å²) in [6, 6.07) is 8.44. The Balaban J connectivity index is 2.09. The summed E-state index contributed by atoms with van der Waals surface area (Å²) >= 11 is 0. The second-order valence-electron chi connectivity index (χ2n) is 4.59. The number of nitrogens with zero attached hydrogens (tertiary/aromatic N) is 3. The van der Waals surface area contributed by atoms with Gasteiger partial charge in [0.25, 0.3) is 0 Å². The number of aromatic nitrogens is 3. The normalized spacial score (nSPS) is 10.8. The van der Waals surface area contributed by atoms with Crippen LogP contribution >= 0.6 is 0 Å². The molecule has 0 aliphatic heterocycles. The average Bonchev–Trinajstić information content (AvgIpc) is 2.44. The molecule has 0 saturated heterocycles. The maximum atomic E-state index is 4.32. The lowest BCUT2D eigenvalue weighted by Gasteiger charge is -2.20. The molecule has 0 fully saturated rings. The zero-order chi connectivity index (χ0) is 13.4. The average molecular weight is 252 g/mol. The molecular formula is C15H16N4. The molecular weight excluding hydrogens is 236 g/mol. The van der Waals surface area contributed by atoms with Gasteiger partial charge in [0.15, 0.2) is 0 Å². The summed E-state index contributed by atoms with van der Waals surface area (Å²) in [5.41, 5.74) is 2.43. The first kappa shape index (κ1) is 11.6. The Hall–Kier alpha value is -2.49. The van der Waals surface area contributed by atoms with E-state index in [1.165, 1.54) is 16.6 Å². The molecule has 0 atom stereocenters. The van der Waals surface area contributed by atoms with Gasteiger partial charge in [-0.25, -0.2) is 4.98 Å². The highest BCUT2D eigenvalue weighted by Gasteiger charge is 2.08. The molecule has 1 N–H and O–H groups in total. The summed E-state index contributed by atoms with van der Waals surface area (Å²) in [6.45, 7) is 3.65. The number of fused-ring (bicyclic) bond motifs is 1. The van der Waals surface area contributed by atoms with E-state index in [9.17, 15) is 0 Å². The van der Waals surface area contributed by atoms with Crippen molar-refractivity contribution in [1.82, 2.24) is 14.3 Å². The molecule has 0 bridgehead atoms. The largest absolute Gasteiger partial charge is 0.347 e. The Bertz CT molecular complexity index is 749. The fourth-order valence-corrected chi connectivity index (χ4v) is 2.21. The molecule has 0 saturated carbocycles. The van der Waals surface area contributed by atoms with Crippen molar-refractivity contribution in [2.75, 3.05) is 5.32 Å².